The van der Waals surface area contributed by atoms with Crippen LogP contribution in [-0.2, 0) is 6.42 Å². The molecule has 3 rings (SSSR count). The molecule has 0 saturated heterocycles. The summed E-state index contributed by atoms with van der Waals surface area (Å²) in [5.74, 6) is 0. The number of aryl methyl sites for hydroxylation is 2. The fraction of sp³-hybridized carbons (Fsp3) is 0.778. The van der Waals surface area contributed by atoms with Gasteiger partial charge in [-0.2, -0.15) is 0 Å². The summed E-state index contributed by atoms with van der Waals surface area (Å²) in [6.07, 6.45) is 14.2. The van der Waals surface area contributed by atoms with Crippen molar-refractivity contribution < 1.29 is 0 Å². The minimum absolute atomic E-state index is 0.629. The lowest BCUT2D eigenvalue weighted by Crippen LogP contribution is -2.30. The first-order valence-electron chi connectivity index (χ1n) is 8.65. The molecule has 0 radical (unpaired) electrons. The van der Waals surface area contributed by atoms with Gasteiger partial charge in [0.15, 0.2) is 0 Å². The first-order chi connectivity index (χ1) is 10.2. The summed E-state index contributed by atoms with van der Waals surface area (Å²) < 4.78 is 1.30. The summed E-state index contributed by atoms with van der Waals surface area (Å²) >= 11 is 5.64. The average molecular weight is 370 g/mol. The molecule has 1 N–H and O–H groups in total. The van der Waals surface area contributed by atoms with Crippen molar-refractivity contribution in [3.8, 4) is 0 Å². The van der Waals surface area contributed by atoms with E-state index < -0.39 is 0 Å². The molecule has 0 unspecified atom stereocenters. The number of halogens is 1. The van der Waals surface area contributed by atoms with Crippen LogP contribution in [0.2, 0.25) is 0 Å². The Morgan fingerprint density at radius 1 is 1.24 bits per heavy atom. The largest absolute Gasteiger partial charge is 0.314 e. The molecular formula is C18H28BrNS. The van der Waals surface area contributed by atoms with Crippen LogP contribution in [0.5, 0.6) is 0 Å². The summed E-state index contributed by atoms with van der Waals surface area (Å²) in [6.45, 7) is 3.46. The molecule has 2 fully saturated rings. The lowest BCUT2D eigenvalue weighted by atomic mass is 9.69. The van der Waals surface area contributed by atoms with Crippen LogP contribution in [0.15, 0.2) is 10.5 Å². The maximum absolute atomic E-state index is 3.74. The van der Waals surface area contributed by atoms with E-state index in [2.05, 4.69) is 34.2 Å². The third kappa shape index (κ3) is 4.56. The molecule has 1 heterocycles. The standard InChI is InChI=1S/C18H28BrNS/c1-14-17(19)13-16(21-14)7-10-18(8-3-2-4-9-18)11-12-20-15-5-6-15/h13,15,20H,2-12H2,1H3. The minimum Gasteiger partial charge on any atom is -0.314 e. The SMILES string of the molecule is Cc1sc(CCC2(CCNC3CC3)CCCCC2)cc1Br. The number of nitrogens with one attached hydrogen (secondary N) is 1. The Morgan fingerprint density at radius 3 is 2.62 bits per heavy atom. The Hall–Kier alpha value is 0.140. The Kier molecular flexibility index (Phi) is 5.45. The molecule has 0 aromatic carbocycles. The molecule has 2 aliphatic rings. The van der Waals surface area contributed by atoms with Gasteiger partial charge in [-0.3, -0.25) is 0 Å². The van der Waals surface area contributed by atoms with Crippen molar-refractivity contribution >= 4 is 27.3 Å². The van der Waals surface area contributed by atoms with Crippen molar-refractivity contribution in [2.24, 2.45) is 5.41 Å². The summed E-state index contributed by atoms with van der Waals surface area (Å²) in [4.78, 5) is 3.00. The molecule has 0 aliphatic heterocycles. The van der Waals surface area contributed by atoms with Crippen LogP contribution in [0, 0.1) is 12.3 Å². The normalized spacial score (nSPS) is 21.6. The van der Waals surface area contributed by atoms with Gasteiger partial charge in [-0.15, -0.1) is 11.3 Å². The van der Waals surface area contributed by atoms with Gasteiger partial charge in [-0.05, 0) is 85.8 Å². The highest BCUT2D eigenvalue weighted by molar-refractivity contribution is 9.10. The zero-order valence-corrected chi connectivity index (χ0v) is 15.6. The summed E-state index contributed by atoms with van der Waals surface area (Å²) in [6, 6.07) is 3.21. The van der Waals surface area contributed by atoms with E-state index in [1.165, 1.54) is 80.1 Å². The zero-order valence-electron chi connectivity index (χ0n) is 13.2. The molecule has 2 saturated carbocycles. The van der Waals surface area contributed by atoms with Crippen molar-refractivity contribution in [1.29, 1.82) is 0 Å². The molecule has 0 spiro atoms. The quantitative estimate of drug-likeness (QED) is 0.635. The fourth-order valence-corrected chi connectivity index (χ4v) is 5.39. The number of thiophene rings is 1. The summed E-state index contributed by atoms with van der Waals surface area (Å²) in [7, 11) is 0. The van der Waals surface area contributed by atoms with Crippen molar-refractivity contribution in [3.05, 3.63) is 20.3 Å². The maximum atomic E-state index is 3.74. The highest BCUT2D eigenvalue weighted by Gasteiger charge is 2.32. The second kappa shape index (κ2) is 7.14. The van der Waals surface area contributed by atoms with E-state index in [0.717, 1.165) is 6.04 Å². The number of hydrogen-bond donors (Lipinski definition) is 1. The lowest BCUT2D eigenvalue weighted by molar-refractivity contribution is 0.157. The molecular weight excluding hydrogens is 342 g/mol. The van der Waals surface area contributed by atoms with Gasteiger partial charge in [0.05, 0.1) is 0 Å². The summed E-state index contributed by atoms with van der Waals surface area (Å²) in [5.41, 5.74) is 0.629. The van der Waals surface area contributed by atoms with Gasteiger partial charge in [0.2, 0.25) is 0 Å². The van der Waals surface area contributed by atoms with Crippen LogP contribution in [0.4, 0.5) is 0 Å². The van der Waals surface area contributed by atoms with Crippen LogP contribution in [0.3, 0.4) is 0 Å². The fourth-order valence-electron chi connectivity index (χ4n) is 3.79. The second-order valence-electron chi connectivity index (χ2n) is 7.16. The smallest absolute Gasteiger partial charge is 0.0314 e. The third-order valence-corrected chi connectivity index (χ3v) is 7.59. The van der Waals surface area contributed by atoms with Gasteiger partial charge in [0.25, 0.3) is 0 Å². The molecule has 3 heteroatoms. The van der Waals surface area contributed by atoms with Crippen LogP contribution < -0.4 is 5.32 Å². The molecule has 0 amide bonds. The van der Waals surface area contributed by atoms with Crippen molar-refractivity contribution in [2.45, 2.75) is 77.2 Å². The highest BCUT2D eigenvalue weighted by atomic mass is 79.9. The van der Waals surface area contributed by atoms with E-state index in [4.69, 9.17) is 0 Å². The Labute approximate surface area is 142 Å². The third-order valence-electron chi connectivity index (χ3n) is 5.39. The Morgan fingerprint density at radius 2 is 2.00 bits per heavy atom. The van der Waals surface area contributed by atoms with Crippen LogP contribution in [0.25, 0.3) is 0 Å². The predicted molar refractivity (Wildman–Crippen MR) is 96.2 cm³/mol. The molecule has 2 aliphatic carbocycles. The minimum atomic E-state index is 0.629. The lowest BCUT2D eigenvalue weighted by Gasteiger charge is -2.38. The van der Waals surface area contributed by atoms with E-state index >= 15 is 0 Å². The van der Waals surface area contributed by atoms with Gasteiger partial charge >= 0.3 is 0 Å². The van der Waals surface area contributed by atoms with Crippen molar-refractivity contribution in [2.75, 3.05) is 6.54 Å². The first kappa shape index (κ1) is 16.0. The van der Waals surface area contributed by atoms with Gasteiger partial charge in [-0.25, -0.2) is 0 Å². The second-order valence-corrected chi connectivity index (χ2v) is 9.35. The number of rotatable bonds is 7. The highest BCUT2D eigenvalue weighted by Crippen LogP contribution is 2.43. The zero-order chi connectivity index (χ0) is 14.7. The summed E-state index contributed by atoms with van der Waals surface area (Å²) in [5, 5.41) is 3.74. The van der Waals surface area contributed by atoms with E-state index in [9.17, 15) is 0 Å². The molecule has 0 atom stereocenters. The maximum Gasteiger partial charge on any atom is 0.0314 e. The predicted octanol–water partition coefficient (Wildman–Crippen LogP) is 5.84. The van der Waals surface area contributed by atoms with E-state index in [-0.39, 0.29) is 0 Å². The van der Waals surface area contributed by atoms with Gasteiger partial charge in [0, 0.05) is 20.3 Å². The van der Waals surface area contributed by atoms with Crippen LogP contribution in [0.1, 0.15) is 67.5 Å². The van der Waals surface area contributed by atoms with E-state index in [0.29, 0.717) is 5.41 Å². The van der Waals surface area contributed by atoms with Crippen molar-refractivity contribution in [3.63, 3.8) is 0 Å². The molecule has 21 heavy (non-hydrogen) atoms. The van der Waals surface area contributed by atoms with Gasteiger partial charge in [0.1, 0.15) is 0 Å². The molecule has 0 bridgehead atoms. The number of hydrogen-bond acceptors (Lipinski definition) is 2. The molecule has 118 valence electrons. The Balaban J connectivity index is 1.55. The van der Waals surface area contributed by atoms with Gasteiger partial charge in [-0.1, -0.05) is 19.3 Å². The van der Waals surface area contributed by atoms with E-state index in [1.54, 1.807) is 4.88 Å². The molecule has 1 nitrogen and oxygen atoms in total. The average Bonchev–Trinajstić information content (AvgIpc) is 3.24. The monoisotopic (exact) mass is 369 g/mol. The molecule has 1 aromatic heterocycles. The van der Waals surface area contributed by atoms with E-state index in [1.807, 2.05) is 11.3 Å². The first-order valence-corrected chi connectivity index (χ1v) is 10.3. The van der Waals surface area contributed by atoms with Crippen LogP contribution >= 0.6 is 27.3 Å². The Bertz CT molecular complexity index is 438. The van der Waals surface area contributed by atoms with Crippen molar-refractivity contribution in [1.82, 2.24) is 5.32 Å². The van der Waals surface area contributed by atoms with Crippen LogP contribution in [-0.4, -0.2) is 12.6 Å². The molecule has 1 aromatic rings. The topological polar surface area (TPSA) is 12.0 Å². The van der Waals surface area contributed by atoms with Gasteiger partial charge < -0.3 is 5.32 Å².